The number of amides is 2. The molecule has 0 spiro atoms. The normalized spacial score (nSPS) is 10.3. The van der Waals surface area contributed by atoms with Crippen molar-refractivity contribution in [2.24, 2.45) is 0 Å². The Morgan fingerprint density at radius 1 is 0.960 bits per heavy atom. The van der Waals surface area contributed by atoms with E-state index in [0.29, 0.717) is 16.1 Å². The molecule has 3 rings (SSSR count). The number of aromatic carboxylic acids is 1. The third-order valence-corrected chi connectivity index (χ3v) is 4.51. The highest BCUT2D eigenvalue weighted by atomic mass is 32.1. The van der Waals surface area contributed by atoms with Crippen molar-refractivity contribution < 1.29 is 19.1 Å². The van der Waals surface area contributed by atoms with Crippen molar-refractivity contribution in [3.8, 4) is 10.4 Å². The summed E-state index contributed by atoms with van der Waals surface area (Å²) in [6.07, 6.45) is 0. The van der Waals surface area contributed by atoms with Crippen molar-refractivity contribution in [2.45, 2.75) is 0 Å². The van der Waals surface area contributed by atoms with Gasteiger partial charge in [-0.15, -0.1) is 11.3 Å². The van der Waals surface area contributed by atoms with Crippen LogP contribution in [0.25, 0.3) is 10.4 Å². The first-order valence-electron chi connectivity index (χ1n) is 7.29. The predicted molar refractivity (Wildman–Crippen MR) is 95.8 cm³/mol. The van der Waals surface area contributed by atoms with Crippen LogP contribution in [0.2, 0.25) is 0 Å². The largest absolute Gasteiger partial charge is 0.477 e. The number of carbonyl (C=O) groups is 2. The molecule has 0 atom stereocenters. The van der Waals surface area contributed by atoms with Gasteiger partial charge in [0, 0.05) is 10.6 Å². The van der Waals surface area contributed by atoms with Gasteiger partial charge in [-0.25, -0.2) is 14.0 Å². The van der Waals surface area contributed by atoms with E-state index in [4.69, 9.17) is 0 Å². The van der Waals surface area contributed by atoms with Gasteiger partial charge in [0.25, 0.3) is 0 Å². The minimum atomic E-state index is -1.15. The maximum atomic E-state index is 13.0. The molecule has 0 aliphatic carbocycles. The Kier molecular flexibility index (Phi) is 4.76. The van der Waals surface area contributed by atoms with Crippen molar-refractivity contribution in [3.05, 3.63) is 71.4 Å². The molecule has 2 aromatic carbocycles. The number of hydrogen-bond donors (Lipinski definition) is 3. The van der Waals surface area contributed by atoms with Gasteiger partial charge in [-0.1, -0.05) is 30.3 Å². The first kappa shape index (κ1) is 16.7. The molecule has 0 bridgehead atoms. The molecule has 1 heterocycles. The third kappa shape index (κ3) is 4.02. The molecule has 0 radical (unpaired) electrons. The second-order valence-electron chi connectivity index (χ2n) is 5.11. The van der Waals surface area contributed by atoms with Gasteiger partial charge >= 0.3 is 12.0 Å². The molecule has 3 N–H and O–H groups in total. The zero-order valence-corrected chi connectivity index (χ0v) is 13.6. The van der Waals surface area contributed by atoms with E-state index in [9.17, 15) is 19.1 Å². The van der Waals surface area contributed by atoms with E-state index < -0.39 is 12.0 Å². The quantitative estimate of drug-likeness (QED) is 0.622. The number of nitrogens with one attached hydrogen (secondary N) is 2. The molecule has 0 saturated carbocycles. The highest BCUT2D eigenvalue weighted by molar-refractivity contribution is 7.18. The first-order valence-corrected chi connectivity index (χ1v) is 8.10. The van der Waals surface area contributed by atoms with Crippen LogP contribution in [0.3, 0.4) is 0 Å². The van der Waals surface area contributed by atoms with Crippen LogP contribution in [-0.4, -0.2) is 17.1 Å². The fraction of sp³-hybridized carbons (Fsp3) is 0. The lowest BCUT2D eigenvalue weighted by Crippen LogP contribution is -2.20. The highest BCUT2D eigenvalue weighted by Crippen LogP contribution is 2.35. The summed E-state index contributed by atoms with van der Waals surface area (Å²) < 4.78 is 13.0. The van der Waals surface area contributed by atoms with Gasteiger partial charge in [0.05, 0.1) is 5.69 Å². The Morgan fingerprint density at radius 3 is 2.28 bits per heavy atom. The minimum absolute atomic E-state index is 0.00235. The summed E-state index contributed by atoms with van der Waals surface area (Å²) in [5.41, 5.74) is 1.45. The maximum Gasteiger partial charge on any atom is 0.348 e. The number of urea groups is 1. The number of benzene rings is 2. The number of halogens is 1. The Balaban J connectivity index is 1.83. The Bertz CT molecular complexity index is 908. The molecule has 1 aromatic heterocycles. The van der Waals surface area contributed by atoms with Crippen LogP contribution in [0.5, 0.6) is 0 Å². The molecule has 0 saturated heterocycles. The zero-order chi connectivity index (χ0) is 17.8. The average Bonchev–Trinajstić information content (AvgIpc) is 3.00. The molecular formula is C18H13FN2O3S. The minimum Gasteiger partial charge on any atom is -0.477 e. The van der Waals surface area contributed by atoms with Gasteiger partial charge in [0.1, 0.15) is 10.7 Å². The monoisotopic (exact) mass is 356 g/mol. The number of carbonyl (C=O) groups excluding carboxylic acids is 1. The van der Waals surface area contributed by atoms with Crippen LogP contribution in [-0.2, 0) is 0 Å². The zero-order valence-electron chi connectivity index (χ0n) is 12.8. The lowest BCUT2D eigenvalue weighted by Gasteiger charge is -2.06. The van der Waals surface area contributed by atoms with E-state index in [2.05, 4.69) is 10.6 Å². The van der Waals surface area contributed by atoms with Crippen LogP contribution in [0.4, 0.5) is 20.6 Å². The second-order valence-corrected chi connectivity index (χ2v) is 6.16. The number of hydrogen-bond acceptors (Lipinski definition) is 3. The summed E-state index contributed by atoms with van der Waals surface area (Å²) in [5, 5.41) is 14.5. The lowest BCUT2D eigenvalue weighted by atomic mass is 10.2. The van der Waals surface area contributed by atoms with Crippen molar-refractivity contribution in [3.63, 3.8) is 0 Å². The summed E-state index contributed by atoms with van der Waals surface area (Å²) >= 11 is 1.01. The summed E-state index contributed by atoms with van der Waals surface area (Å²) in [5.74, 6) is -1.52. The van der Waals surface area contributed by atoms with E-state index in [-0.39, 0.29) is 16.4 Å². The number of rotatable bonds is 4. The second kappa shape index (κ2) is 7.14. The maximum absolute atomic E-state index is 13.0. The number of carboxylic acids is 1. The SMILES string of the molecule is O=C(Nc1ccccc1)Nc1cc(-c2ccc(F)cc2)sc1C(=O)O. The fourth-order valence-electron chi connectivity index (χ4n) is 2.21. The summed E-state index contributed by atoms with van der Waals surface area (Å²) in [6.45, 7) is 0. The van der Waals surface area contributed by atoms with Gasteiger partial charge in [0.2, 0.25) is 0 Å². The van der Waals surface area contributed by atoms with Gasteiger partial charge in [0.15, 0.2) is 0 Å². The van der Waals surface area contributed by atoms with Gasteiger partial charge in [-0.05, 0) is 35.9 Å². The lowest BCUT2D eigenvalue weighted by molar-refractivity contribution is 0.0703. The van der Waals surface area contributed by atoms with Crippen molar-refractivity contribution in [1.29, 1.82) is 0 Å². The van der Waals surface area contributed by atoms with E-state index in [1.54, 1.807) is 42.5 Å². The topological polar surface area (TPSA) is 78.4 Å². The van der Waals surface area contributed by atoms with Crippen molar-refractivity contribution in [2.75, 3.05) is 10.6 Å². The van der Waals surface area contributed by atoms with E-state index in [0.717, 1.165) is 11.3 Å². The summed E-state index contributed by atoms with van der Waals surface area (Å²) in [4.78, 5) is 24.1. The molecule has 3 aromatic rings. The Morgan fingerprint density at radius 2 is 1.64 bits per heavy atom. The van der Waals surface area contributed by atoms with Crippen molar-refractivity contribution >= 4 is 34.7 Å². The standard InChI is InChI=1S/C18H13FN2O3S/c19-12-8-6-11(7-9-12)15-10-14(16(25-15)17(22)23)21-18(24)20-13-4-2-1-3-5-13/h1-10H,(H,22,23)(H2,20,21,24). The third-order valence-electron chi connectivity index (χ3n) is 3.33. The number of para-hydroxylation sites is 1. The molecule has 0 aliphatic rings. The van der Waals surface area contributed by atoms with Crippen LogP contribution < -0.4 is 10.6 Å². The molecule has 5 nitrogen and oxygen atoms in total. The number of anilines is 2. The molecule has 7 heteroatoms. The van der Waals surface area contributed by atoms with Crippen molar-refractivity contribution in [1.82, 2.24) is 0 Å². The summed E-state index contributed by atoms with van der Waals surface area (Å²) in [7, 11) is 0. The van der Waals surface area contributed by atoms with E-state index >= 15 is 0 Å². The fourth-order valence-corrected chi connectivity index (χ4v) is 3.16. The van der Waals surface area contributed by atoms with Gasteiger partial charge in [-0.3, -0.25) is 0 Å². The molecule has 0 aliphatic heterocycles. The van der Waals surface area contributed by atoms with Crippen LogP contribution in [0, 0.1) is 5.82 Å². The highest BCUT2D eigenvalue weighted by Gasteiger charge is 2.18. The van der Waals surface area contributed by atoms with Crippen LogP contribution in [0.15, 0.2) is 60.7 Å². The van der Waals surface area contributed by atoms with Crippen LogP contribution in [0.1, 0.15) is 9.67 Å². The van der Waals surface area contributed by atoms with E-state index in [1.165, 1.54) is 12.1 Å². The molecule has 2 amide bonds. The molecule has 126 valence electrons. The Labute approximate surface area is 146 Å². The van der Waals surface area contributed by atoms with Gasteiger partial charge < -0.3 is 15.7 Å². The number of carboxylic acid groups (broad SMARTS) is 1. The van der Waals surface area contributed by atoms with Crippen LogP contribution >= 0.6 is 11.3 Å². The molecule has 0 unspecified atom stereocenters. The average molecular weight is 356 g/mol. The Hall–Kier alpha value is -3.19. The smallest absolute Gasteiger partial charge is 0.348 e. The predicted octanol–water partition coefficient (Wildman–Crippen LogP) is 4.90. The molecule has 0 fully saturated rings. The number of thiophene rings is 1. The van der Waals surface area contributed by atoms with Gasteiger partial charge in [-0.2, -0.15) is 0 Å². The molecule has 25 heavy (non-hydrogen) atoms. The first-order chi connectivity index (χ1) is 12.0. The summed E-state index contributed by atoms with van der Waals surface area (Å²) in [6, 6.07) is 15.5. The molecular weight excluding hydrogens is 343 g/mol. The van der Waals surface area contributed by atoms with E-state index in [1.807, 2.05) is 6.07 Å².